The van der Waals surface area contributed by atoms with Gasteiger partial charge in [0.1, 0.15) is 0 Å². The number of fused-ring (bicyclic) bond motifs is 1. The highest BCUT2D eigenvalue weighted by molar-refractivity contribution is 7.12. The Morgan fingerprint density at radius 2 is 1.93 bits per heavy atom. The van der Waals surface area contributed by atoms with E-state index in [4.69, 9.17) is 0 Å². The normalized spacial score (nSPS) is 16.8. The van der Waals surface area contributed by atoms with Crippen LogP contribution in [-0.4, -0.2) is 0 Å². The maximum Gasteiger partial charge on any atom is 0.00801 e. The molecule has 1 heterocycles. The van der Waals surface area contributed by atoms with Crippen LogP contribution in [0.4, 0.5) is 0 Å². The Bertz CT molecular complexity index is 291. The number of rotatable bonds is 1. The van der Waals surface area contributed by atoms with Gasteiger partial charge in [-0.1, -0.05) is 20.8 Å². The van der Waals surface area contributed by atoms with E-state index in [1.54, 1.807) is 15.3 Å². The van der Waals surface area contributed by atoms with E-state index in [2.05, 4.69) is 38.2 Å². The van der Waals surface area contributed by atoms with Crippen molar-refractivity contribution in [3.05, 3.63) is 21.4 Å². The molecule has 2 rings (SSSR count). The first-order valence-electron chi connectivity index (χ1n) is 5.65. The molecular weight excluding hydrogens is 188 g/mol. The van der Waals surface area contributed by atoms with E-state index >= 15 is 0 Å². The molecule has 1 aromatic rings. The summed E-state index contributed by atoms with van der Waals surface area (Å²) in [6, 6.07) is 2.46. The zero-order valence-electron chi connectivity index (χ0n) is 9.52. The largest absolute Gasteiger partial charge is 0.145 e. The Hall–Kier alpha value is -0.300. The fourth-order valence-electron chi connectivity index (χ4n) is 2.16. The number of aryl methyl sites for hydroxylation is 2. The summed E-state index contributed by atoms with van der Waals surface area (Å²) in [7, 11) is 0. The van der Waals surface area contributed by atoms with E-state index in [0.717, 1.165) is 0 Å². The fourth-order valence-corrected chi connectivity index (χ4v) is 3.72. The highest BCUT2D eigenvalue weighted by Crippen LogP contribution is 2.33. The highest BCUT2D eigenvalue weighted by Gasteiger charge is 2.17. The second-order valence-corrected chi connectivity index (χ2v) is 6.83. The first kappa shape index (κ1) is 10.2. The van der Waals surface area contributed by atoms with Gasteiger partial charge in [-0.05, 0) is 49.1 Å². The van der Waals surface area contributed by atoms with Gasteiger partial charge in [-0.15, -0.1) is 11.3 Å². The Balaban J connectivity index is 2.16. The third-order valence-electron chi connectivity index (χ3n) is 2.75. The van der Waals surface area contributed by atoms with Crippen LogP contribution < -0.4 is 0 Å². The minimum absolute atomic E-state index is 0.438. The van der Waals surface area contributed by atoms with E-state index in [9.17, 15) is 0 Å². The summed E-state index contributed by atoms with van der Waals surface area (Å²) in [5, 5.41) is 0. The predicted molar refractivity (Wildman–Crippen MR) is 64.1 cm³/mol. The second-order valence-electron chi connectivity index (χ2n) is 5.61. The smallest absolute Gasteiger partial charge is 0.00801 e. The molecule has 0 aromatic carbocycles. The topological polar surface area (TPSA) is 0 Å². The monoisotopic (exact) mass is 208 g/mol. The molecule has 0 bridgehead atoms. The summed E-state index contributed by atoms with van der Waals surface area (Å²) < 4.78 is 0. The van der Waals surface area contributed by atoms with E-state index in [1.807, 2.05) is 0 Å². The standard InChI is InChI=1S/C13H20S/c1-13(2,3)9-11-8-10-6-4-5-7-12(10)14-11/h8H,4-7,9H2,1-3H3. The van der Waals surface area contributed by atoms with Crippen LogP contribution in [0.1, 0.15) is 48.9 Å². The van der Waals surface area contributed by atoms with E-state index < -0.39 is 0 Å². The average molecular weight is 208 g/mol. The first-order chi connectivity index (χ1) is 6.54. The zero-order valence-corrected chi connectivity index (χ0v) is 10.3. The number of hydrogen-bond donors (Lipinski definition) is 0. The maximum atomic E-state index is 2.46. The van der Waals surface area contributed by atoms with Crippen molar-refractivity contribution in [2.75, 3.05) is 0 Å². The lowest BCUT2D eigenvalue weighted by Gasteiger charge is -2.16. The molecular formula is C13H20S. The minimum atomic E-state index is 0.438. The zero-order chi connectivity index (χ0) is 10.2. The van der Waals surface area contributed by atoms with Gasteiger partial charge >= 0.3 is 0 Å². The second kappa shape index (κ2) is 3.69. The summed E-state index contributed by atoms with van der Waals surface area (Å²) in [5.74, 6) is 0. The minimum Gasteiger partial charge on any atom is -0.145 e. The number of hydrogen-bond acceptors (Lipinski definition) is 1. The lowest BCUT2D eigenvalue weighted by molar-refractivity contribution is 0.414. The molecule has 0 spiro atoms. The predicted octanol–water partition coefficient (Wildman–Crippen LogP) is 4.22. The molecule has 1 aliphatic carbocycles. The SMILES string of the molecule is CC(C)(C)Cc1cc2c(s1)CCCC2. The van der Waals surface area contributed by atoms with Crippen LogP contribution in [0, 0.1) is 5.41 Å². The van der Waals surface area contributed by atoms with Crippen molar-refractivity contribution < 1.29 is 0 Å². The van der Waals surface area contributed by atoms with E-state index in [1.165, 1.54) is 32.1 Å². The van der Waals surface area contributed by atoms with Crippen LogP contribution in [0.25, 0.3) is 0 Å². The summed E-state index contributed by atoms with van der Waals surface area (Å²) in [6.45, 7) is 6.98. The first-order valence-corrected chi connectivity index (χ1v) is 6.47. The van der Waals surface area contributed by atoms with Crippen LogP contribution in [0.3, 0.4) is 0 Å². The van der Waals surface area contributed by atoms with Crippen LogP contribution in [0.5, 0.6) is 0 Å². The lowest BCUT2D eigenvalue weighted by atomic mass is 9.91. The average Bonchev–Trinajstić information content (AvgIpc) is 2.42. The van der Waals surface area contributed by atoms with Crippen molar-refractivity contribution in [2.45, 2.75) is 52.9 Å². The summed E-state index contributed by atoms with van der Waals surface area (Å²) in [4.78, 5) is 3.28. The molecule has 0 amide bonds. The van der Waals surface area contributed by atoms with Crippen molar-refractivity contribution in [2.24, 2.45) is 5.41 Å². The van der Waals surface area contributed by atoms with Crippen molar-refractivity contribution in [1.82, 2.24) is 0 Å². The lowest BCUT2D eigenvalue weighted by Crippen LogP contribution is -2.07. The molecule has 0 aliphatic heterocycles. The van der Waals surface area contributed by atoms with Crippen LogP contribution in [0.2, 0.25) is 0 Å². The third-order valence-corrected chi connectivity index (χ3v) is 3.99. The highest BCUT2D eigenvalue weighted by atomic mass is 32.1. The van der Waals surface area contributed by atoms with Crippen molar-refractivity contribution in [1.29, 1.82) is 0 Å². The molecule has 0 nitrogen and oxygen atoms in total. The van der Waals surface area contributed by atoms with Gasteiger partial charge in [-0.25, -0.2) is 0 Å². The molecule has 0 saturated heterocycles. The Kier molecular flexibility index (Phi) is 2.70. The Labute approximate surface area is 91.4 Å². The molecule has 0 N–H and O–H groups in total. The molecule has 1 aliphatic rings. The van der Waals surface area contributed by atoms with Gasteiger partial charge in [-0.2, -0.15) is 0 Å². The van der Waals surface area contributed by atoms with Crippen LogP contribution in [0.15, 0.2) is 6.07 Å². The summed E-state index contributed by atoms with van der Waals surface area (Å²) in [6.07, 6.45) is 6.71. The van der Waals surface area contributed by atoms with Crippen molar-refractivity contribution in [3.8, 4) is 0 Å². The molecule has 0 fully saturated rings. The molecule has 1 aromatic heterocycles. The Morgan fingerprint density at radius 1 is 1.21 bits per heavy atom. The Morgan fingerprint density at radius 3 is 2.57 bits per heavy atom. The van der Waals surface area contributed by atoms with E-state index in [-0.39, 0.29) is 0 Å². The van der Waals surface area contributed by atoms with Crippen molar-refractivity contribution in [3.63, 3.8) is 0 Å². The molecule has 14 heavy (non-hydrogen) atoms. The number of thiophene rings is 1. The molecule has 78 valence electrons. The van der Waals surface area contributed by atoms with Gasteiger partial charge in [0.05, 0.1) is 0 Å². The summed E-state index contributed by atoms with van der Waals surface area (Å²) >= 11 is 2.06. The molecule has 0 unspecified atom stereocenters. The maximum absolute atomic E-state index is 2.46. The molecule has 0 atom stereocenters. The fraction of sp³-hybridized carbons (Fsp3) is 0.692. The van der Waals surface area contributed by atoms with Gasteiger partial charge in [0.2, 0.25) is 0 Å². The van der Waals surface area contributed by atoms with Crippen molar-refractivity contribution >= 4 is 11.3 Å². The van der Waals surface area contributed by atoms with Gasteiger partial charge < -0.3 is 0 Å². The molecule has 1 heteroatoms. The summed E-state index contributed by atoms with van der Waals surface area (Å²) in [5.41, 5.74) is 2.09. The van der Waals surface area contributed by atoms with E-state index in [0.29, 0.717) is 5.41 Å². The molecule has 0 saturated carbocycles. The van der Waals surface area contributed by atoms with Gasteiger partial charge in [0, 0.05) is 9.75 Å². The molecule has 0 radical (unpaired) electrons. The van der Waals surface area contributed by atoms with Gasteiger partial charge in [0.15, 0.2) is 0 Å². The van der Waals surface area contributed by atoms with Crippen LogP contribution in [-0.2, 0) is 19.3 Å². The van der Waals surface area contributed by atoms with Gasteiger partial charge in [0.25, 0.3) is 0 Å². The quantitative estimate of drug-likeness (QED) is 0.648. The van der Waals surface area contributed by atoms with Crippen LogP contribution >= 0.6 is 11.3 Å². The third kappa shape index (κ3) is 2.38. The van der Waals surface area contributed by atoms with Gasteiger partial charge in [-0.3, -0.25) is 0 Å².